The first-order chi connectivity index (χ1) is 10.9. The molecule has 0 spiro atoms. The molecule has 2 heteroatoms. The maximum atomic E-state index is 3.27. The molecule has 2 heterocycles. The highest BCUT2D eigenvalue weighted by atomic mass is 15.1. The van der Waals surface area contributed by atoms with Crippen molar-refractivity contribution in [2.24, 2.45) is 0 Å². The molecule has 0 aliphatic carbocycles. The Labute approximate surface area is 131 Å². The summed E-state index contributed by atoms with van der Waals surface area (Å²) in [4.78, 5) is 5.83. The van der Waals surface area contributed by atoms with Crippen LogP contribution in [0.1, 0.15) is 30.4 Å². The molecular weight excluding hydrogens is 268 g/mol. The molecule has 1 aromatic heterocycles. The van der Waals surface area contributed by atoms with Gasteiger partial charge in [0.1, 0.15) is 0 Å². The molecule has 2 aromatic carbocycles. The molecule has 22 heavy (non-hydrogen) atoms. The molecule has 0 saturated carbocycles. The van der Waals surface area contributed by atoms with Gasteiger partial charge in [-0.1, -0.05) is 24.3 Å². The number of nitrogens with one attached hydrogen (secondary N) is 1. The van der Waals surface area contributed by atoms with Gasteiger partial charge < -0.3 is 9.88 Å². The van der Waals surface area contributed by atoms with Crippen molar-refractivity contribution in [1.82, 2.24) is 4.98 Å². The van der Waals surface area contributed by atoms with Crippen molar-refractivity contribution in [3.8, 4) is 0 Å². The second-order valence-corrected chi connectivity index (χ2v) is 6.25. The Balaban J connectivity index is 1.64. The zero-order chi connectivity index (χ0) is 14.8. The van der Waals surface area contributed by atoms with E-state index in [1.807, 2.05) is 6.20 Å². The molecule has 2 nitrogen and oxygen atoms in total. The lowest BCUT2D eigenvalue weighted by Crippen LogP contribution is -2.30. The molecule has 1 saturated heterocycles. The van der Waals surface area contributed by atoms with Crippen LogP contribution in [-0.4, -0.2) is 18.1 Å². The third-order valence-electron chi connectivity index (χ3n) is 4.70. The van der Waals surface area contributed by atoms with E-state index < -0.39 is 0 Å². The van der Waals surface area contributed by atoms with Crippen LogP contribution in [0.2, 0.25) is 0 Å². The molecule has 0 atom stereocenters. The largest absolute Gasteiger partial charge is 0.371 e. The summed E-state index contributed by atoms with van der Waals surface area (Å²) in [5, 5.41) is 1.30. The van der Waals surface area contributed by atoms with Crippen molar-refractivity contribution in [2.45, 2.75) is 25.7 Å². The summed E-state index contributed by atoms with van der Waals surface area (Å²) in [7, 11) is 0. The van der Waals surface area contributed by atoms with E-state index in [4.69, 9.17) is 0 Å². The average Bonchev–Trinajstić information content (AvgIpc) is 3.04. The fraction of sp³-hybridized carbons (Fsp3) is 0.300. The normalized spacial score (nSPS) is 15.4. The van der Waals surface area contributed by atoms with Gasteiger partial charge in [0.05, 0.1) is 0 Å². The van der Waals surface area contributed by atoms with Crippen molar-refractivity contribution < 1.29 is 0 Å². The van der Waals surface area contributed by atoms with Crippen LogP contribution in [-0.2, 0) is 6.42 Å². The zero-order valence-corrected chi connectivity index (χ0v) is 12.9. The standard InChI is InChI=1S/C20H22N2/c1-4-12-22(13-5-1)20-7-3-2-6-18(20)15-16-8-9-19-17(14-16)10-11-21-19/h2-3,6-11,14,21H,1,4-5,12-13,15H2. The van der Waals surface area contributed by atoms with E-state index in [9.17, 15) is 0 Å². The first-order valence-corrected chi connectivity index (χ1v) is 8.29. The van der Waals surface area contributed by atoms with Crippen molar-refractivity contribution >= 4 is 16.6 Å². The fourth-order valence-corrected chi connectivity index (χ4v) is 3.54. The number of hydrogen-bond donors (Lipinski definition) is 1. The third kappa shape index (κ3) is 2.61. The summed E-state index contributed by atoms with van der Waals surface area (Å²) in [6, 6.07) is 17.8. The van der Waals surface area contributed by atoms with Gasteiger partial charge >= 0.3 is 0 Å². The van der Waals surface area contributed by atoms with Gasteiger partial charge in [0.25, 0.3) is 0 Å². The Morgan fingerprint density at radius 3 is 2.68 bits per heavy atom. The van der Waals surface area contributed by atoms with E-state index in [-0.39, 0.29) is 0 Å². The molecule has 0 amide bonds. The van der Waals surface area contributed by atoms with Crippen LogP contribution >= 0.6 is 0 Å². The van der Waals surface area contributed by atoms with Gasteiger partial charge in [-0.15, -0.1) is 0 Å². The Morgan fingerprint density at radius 1 is 0.909 bits per heavy atom. The molecule has 1 aliphatic heterocycles. The number of fused-ring (bicyclic) bond motifs is 1. The minimum Gasteiger partial charge on any atom is -0.371 e. The van der Waals surface area contributed by atoms with E-state index >= 15 is 0 Å². The second kappa shape index (κ2) is 5.88. The second-order valence-electron chi connectivity index (χ2n) is 6.25. The molecule has 0 unspecified atom stereocenters. The third-order valence-corrected chi connectivity index (χ3v) is 4.70. The summed E-state index contributed by atoms with van der Waals surface area (Å²) in [5.41, 5.74) is 5.47. The van der Waals surface area contributed by atoms with Gasteiger partial charge in [0.15, 0.2) is 0 Å². The maximum Gasteiger partial charge on any atom is 0.0454 e. The molecule has 0 bridgehead atoms. The number of benzene rings is 2. The molecule has 1 fully saturated rings. The summed E-state index contributed by atoms with van der Waals surface area (Å²) >= 11 is 0. The Bertz CT molecular complexity index is 766. The lowest BCUT2D eigenvalue weighted by molar-refractivity contribution is 0.576. The molecule has 0 radical (unpaired) electrons. The van der Waals surface area contributed by atoms with Crippen LogP contribution in [0.5, 0.6) is 0 Å². The Kier molecular flexibility index (Phi) is 3.59. The summed E-state index contributed by atoms with van der Waals surface area (Å²) in [6.45, 7) is 2.40. The number of aromatic amines is 1. The minimum absolute atomic E-state index is 1.01. The van der Waals surface area contributed by atoms with Gasteiger partial charge in [0.2, 0.25) is 0 Å². The van der Waals surface area contributed by atoms with Gasteiger partial charge in [-0.25, -0.2) is 0 Å². The molecule has 3 aromatic rings. The number of H-pyrrole nitrogens is 1. The smallest absolute Gasteiger partial charge is 0.0454 e. The minimum atomic E-state index is 1.01. The molecule has 4 rings (SSSR count). The van der Waals surface area contributed by atoms with Crippen LogP contribution in [0.25, 0.3) is 10.9 Å². The van der Waals surface area contributed by atoms with E-state index in [0.29, 0.717) is 0 Å². The molecule has 1 N–H and O–H groups in total. The number of rotatable bonds is 3. The van der Waals surface area contributed by atoms with Gasteiger partial charge in [-0.2, -0.15) is 0 Å². The number of hydrogen-bond acceptors (Lipinski definition) is 1. The predicted molar refractivity (Wildman–Crippen MR) is 93.6 cm³/mol. The van der Waals surface area contributed by atoms with Crippen LogP contribution < -0.4 is 4.90 Å². The van der Waals surface area contributed by atoms with E-state index in [2.05, 4.69) is 58.4 Å². The van der Waals surface area contributed by atoms with Gasteiger partial charge in [0, 0.05) is 30.5 Å². The van der Waals surface area contributed by atoms with Crippen molar-refractivity contribution in [1.29, 1.82) is 0 Å². The van der Waals surface area contributed by atoms with Crippen LogP contribution in [0, 0.1) is 0 Å². The van der Waals surface area contributed by atoms with Crippen LogP contribution in [0.4, 0.5) is 5.69 Å². The lowest BCUT2D eigenvalue weighted by atomic mass is 10.00. The predicted octanol–water partition coefficient (Wildman–Crippen LogP) is 4.75. The zero-order valence-electron chi connectivity index (χ0n) is 12.9. The maximum absolute atomic E-state index is 3.27. The van der Waals surface area contributed by atoms with Crippen LogP contribution in [0.3, 0.4) is 0 Å². The van der Waals surface area contributed by atoms with Crippen molar-refractivity contribution in [3.05, 3.63) is 65.9 Å². The Morgan fingerprint density at radius 2 is 1.77 bits per heavy atom. The number of nitrogens with zero attached hydrogens (tertiary/aromatic N) is 1. The highest BCUT2D eigenvalue weighted by Gasteiger charge is 2.14. The number of anilines is 1. The SMILES string of the molecule is c1ccc(N2CCCCC2)c(Cc2ccc3[nH]ccc3c2)c1. The highest BCUT2D eigenvalue weighted by Crippen LogP contribution is 2.27. The summed E-state index contributed by atoms with van der Waals surface area (Å²) in [5.74, 6) is 0. The van der Waals surface area contributed by atoms with Crippen LogP contribution in [0.15, 0.2) is 54.7 Å². The highest BCUT2D eigenvalue weighted by molar-refractivity contribution is 5.80. The van der Waals surface area contributed by atoms with Gasteiger partial charge in [-0.3, -0.25) is 0 Å². The van der Waals surface area contributed by atoms with E-state index in [0.717, 1.165) is 6.42 Å². The monoisotopic (exact) mass is 290 g/mol. The average molecular weight is 290 g/mol. The quantitative estimate of drug-likeness (QED) is 0.737. The van der Waals surface area contributed by atoms with E-state index in [1.165, 1.54) is 60.1 Å². The topological polar surface area (TPSA) is 19.0 Å². The Hall–Kier alpha value is -2.22. The number of piperidine rings is 1. The molecule has 112 valence electrons. The summed E-state index contributed by atoms with van der Waals surface area (Å²) < 4.78 is 0. The molecular formula is C20H22N2. The van der Waals surface area contributed by atoms with Crippen molar-refractivity contribution in [2.75, 3.05) is 18.0 Å². The fourth-order valence-electron chi connectivity index (χ4n) is 3.54. The van der Waals surface area contributed by atoms with Gasteiger partial charge in [-0.05, 0) is 66.5 Å². The molecule has 1 aliphatic rings. The number of para-hydroxylation sites is 1. The van der Waals surface area contributed by atoms with Crippen molar-refractivity contribution in [3.63, 3.8) is 0 Å². The lowest BCUT2D eigenvalue weighted by Gasteiger charge is -2.30. The summed E-state index contributed by atoms with van der Waals surface area (Å²) in [6.07, 6.45) is 7.04. The first-order valence-electron chi connectivity index (χ1n) is 8.29. The number of aromatic nitrogens is 1. The first kappa shape index (κ1) is 13.4. The van der Waals surface area contributed by atoms with E-state index in [1.54, 1.807) is 0 Å².